The van der Waals surface area contributed by atoms with Crippen LogP contribution in [0, 0.1) is 11.3 Å². The topological polar surface area (TPSA) is 61.2 Å². The van der Waals surface area contributed by atoms with E-state index in [1.807, 2.05) is 6.07 Å². The Morgan fingerprint density at radius 2 is 1.94 bits per heavy atom. The van der Waals surface area contributed by atoms with E-state index in [1.54, 1.807) is 36.8 Å². The second kappa shape index (κ2) is 10.4. The number of rotatable bonds is 6. The number of piperidine rings is 1. The van der Waals surface area contributed by atoms with Crippen molar-refractivity contribution in [2.45, 2.75) is 25.8 Å². The third kappa shape index (κ3) is 5.10. The van der Waals surface area contributed by atoms with Crippen molar-refractivity contribution >= 4 is 56.8 Å². The molecule has 0 saturated carbocycles. The standard InChI is InChI=1S/C27H24Cl2N4OS/c1-34-25-12-24(21(28)11-22(25)29)32-27-19(13-30)14-31-23-10-18(5-6-20(23)27)26-9-17(16-35-26)15-33-7-3-2-4-8-33/h5-6,9-12,14,16H,2-4,7-8,15H2,1H3,(H,31,32). The number of fused-ring (bicyclic) bond motifs is 1. The van der Waals surface area contributed by atoms with Gasteiger partial charge in [-0.1, -0.05) is 41.8 Å². The van der Waals surface area contributed by atoms with Gasteiger partial charge in [0.15, 0.2) is 0 Å². The number of nitrogens with zero attached hydrogens (tertiary/aromatic N) is 3. The number of ether oxygens (including phenoxy) is 1. The third-order valence-electron chi connectivity index (χ3n) is 6.28. The number of methoxy groups -OCH3 is 1. The van der Waals surface area contributed by atoms with Gasteiger partial charge < -0.3 is 10.1 Å². The zero-order valence-electron chi connectivity index (χ0n) is 19.3. The van der Waals surface area contributed by atoms with E-state index < -0.39 is 0 Å². The Morgan fingerprint density at radius 1 is 1.11 bits per heavy atom. The molecule has 0 bridgehead atoms. The summed E-state index contributed by atoms with van der Waals surface area (Å²) in [6, 6.07) is 14.0. The van der Waals surface area contributed by atoms with Crippen LogP contribution in [-0.4, -0.2) is 30.1 Å². The van der Waals surface area contributed by atoms with Crippen molar-refractivity contribution in [1.82, 2.24) is 9.88 Å². The van der Waals surface area contributed by atoms with E-state index in [4.69, 9.17) is 27.9 Å². The second-order valence-electron chi connectivity index (χ2n) is 8.64. The van der Waals surface area contributed by atoms with Crippen molar-refractivity contribution in [1.29, 1.82) is 5.26 Å². The monoisotopic (exact) mass is 522 g/mol. The van der Waals surface area contributed by atoms with Crippen molar-refractivity contribution in [3.05, 3.63) is 69.1 Å². The van der Waals surface area contributed by atoms with Crippen LogP contribution in [0.2, 0.25) is 10.0 Å². The minimum atomic E-state index is 0.420. The molecule has 5 nitrogen and oxygen atoms in total. The lowest BCUT2D eigenvalue weighted by Gasteiger charge is -2.25. The number of nitriles is 1. The normalized spacial score (nSPS) is 14.1. The SMILES string of the molecule is COc1cc(Nc2c(C#N)cnc3cc(-c4cc(CN5CCCCC5)cs4)ccc23)c(Cl)cc1Cl. The lowest BCUT2D eigenvalue weighted by atomic mass is 10.1. The van der Waals surface area contributed by atoms with Crippen LogP contribution in [0.4, 0.5) is 11.4 Å². The van der Waals surface area contributed by atoms with E-state index in [0.717, 1.165) is 23.0 Å². The molecule has 0 amide bonds. The largest absolute Gasteiger partial charge is 0.495 e. The van der Waals surface area contributed by atoms with E-state index in [1.165, 1.54) is 42.8 Å². The Balaban J connectivity index is 1.47. The Bertz CT molecular complexity index is 1420. The van der Waals surface area contributed by atoms with Gasteiger partial charge in [-0.15, -0.1) is 11.3 Å². The minimum absolute atomic E-state index is 0.420. The van der Waals surface area contributed by atoms with E-state index in [2.05, 4.69) is 44.8 Å². The highest BCUT2D eigenvalue weighted by atomic mass is 35.5. The predicted octanol–water partition coefficient (Wildman–Crippen LogP) is 7.88. The molecule has 0 unspecified atom stereocenters. The predicted molar refractivity (Wildman–Crippen MR) is 145 cm³/mol. The van der Waals surface area contributed by atoms with Crippen LogP contribution in [0.1, 0.15) is 30.4 Å². The van der Waals surface area contributed by atoms with Gasteiger partial charge in [0.25, 0.3) is 0 Å². The molecule has 1 saturated heterocycles. The first-order valence-electron chi connectivity index (χ1n) is 11.5. The molecule has 4 aromatic rings. The number of pyridine rings is 1. The molecule has 8 heteroatoms. The summed E-state index contributed by atoms with van der Waals surface area (Å²) in [6.45, 7) is 3.38. The fourth-order valence-electron chi connectivity index (χ4n) is 4.47. The van der Waals surface area contributed by atoms with Gasteiger partial charge in [0.2, 0.25) is 0 Å². The van der Waals surface area contributed by atoms with Crippen LogP contribution in [0.5, 0.6) is 5.75 Å². The molecule has 2 aromatic carbocycles. The van der Waals surface area contributed by atoms with Gasteiger partial charge in [-0.05, 0) is 60.6 Å². The van der Waals surface area contributed by atoms with E-state index >= 15 is 0 Å². The molecule has 5 rings (SSSR count). The highest BCUT2D eigenvalue weighted by molar-refractivity contribution is 7.13. The molecular weight excluding hydrogens is 499 g/mol. The van der Waals surface area contributed by atoms with Gasteiger partial charge in [-0.2, -0.15) is 5.26 Å². The zero-order valence-corrected chi connectivity index (χ0v) is 21.6. The van der Waals surface area contributed by atoms with Gasteiger partial charge in [0.05, 0.1) is 39.6 Å². The van der Waals surface area contributed by atoms with Crippen LogP contribution in [0.25, 0.3) is 21.3 Å². The molecule has 1 aliphatic heterocycles. The van der Waals surface area contributed by atoms with Gasteiger partial charge in [0.1, 0.15) is 11.8 Å². The summed E-state index contributed by atoms with van der Waals surface area (Å²) in [5, 5.41) is 17.0. The van der Waals surface area contributed by atoms with Crippen LogP contribution in [-0.2, 0) is 6.54 Å². The Labute approximate surface area is 218 Å². The summed E-state index contributed by atoms with van der Waals surface area (Å²) < 4.78 is 5.33. The van der Waals surface area contributed by atoms with Gasteiger partial charge in [-0.25, -0.2) is 0 Å². The maximum Gasteiger partial charge on any atom is 0.139 e. The number of hydrogen-bond donors (Lipinski definition) is 1. The fourth-order valence-corrected chi connectivity index (χ4v) is 5.88. The first kappa shape index (κ1) is 23.9. The maximum absolute atomic E-state index is 9.73. The molecule has 0 spiro atoms. The van der Waals surface area contributed by atoms with E-state index in [-0.39, 0.29) is 0 Å². The summed E-state index contributed by atoms with van der Waals surface area (Å²) >= 11 is 14.4. The van der Waals surface area contributed by atoms with Gasteiger partial charge >= 0.3 is 0 Å². The lowest BCUT2D eigenvalue weighted by Crippen LogP contribution is -2.28. The van der Waals surface area contributed by atoms with Crippen LogP contribution in [0.15, 0.2) is 48.0 Å². The number of hydrogen-bond acceptors (Lipinski definition) is 6. The maximum atomic E-state index is 9.73. The smallest absolute Gasteiger partial charge is 0.139 e. The first-order chi connectivity index (χ1) is 17.1. The number of nitrogens with one attached hydrogen (secondary N) is 1. The molecule has 1 aliphatic rings. The molecule has 35 heavy (non-hydrogen) atoms. The van der Waals surface area contributed by atoms with Crippen molar-refractivity contribution in [2.24, 2.45) is 0 Å². The molecule has 0 aliphatic carbocycles. The average Bonchev–Trinajstić information content (AvgIpc) is 3.34. The molecule has 3 heterocycles. The number of thiophene rings is 1. The quantitative estimate of drug-likeness (QED) is 0.279. The van der Waals surface area contributed by atoms with Crippen LogP contribution in [0.3, 0.4) is 0 Å². The molecule has 2 aromatic heterocycles. The lowest BCUT2D eigenvalue weighted by molar-refractivity contribution is 0.221. The van der Waals surface area contributed by atoms with Crippen molar-refractivity contribution < 1.29 is 4.74 Å². The van der Waals surface area contributed by atoms with Gasteiger partial charge in [-0.3, -0.25) is 9.88 Å². The Hall–Kier alpha value is -2.82. The van der Waals surface area contributed by atoms with Gasteiger partial charge in [0, 0.05) is 29.1 Å². The second-order valence-corrected chi connectivity index (χ2v) is 10.4. The minimum Gasteiger partial charge on any atom is -0.495 e. The Morgan fingerprint density at radius 3 is 2.71 bits per heavy atom. The highest BCUT2D eigenvalue weighted by Gasteiger charge is 2.15. The summed E-state index contributed by atoms with van der Waals surface area (Å²) in [7, 11) is 1.55. The number of aromatic nitrogens is 1. The summed E-state index contributed by atoms with van der Waals surface area (Å²) in [5.74, 6) is 0.496. The molecule has 1 N–H and O–H groups in total. The third-order valence-corrected chi connectivity index (χ3v) is 7.92. The number of anilines is 2. The number of benzene rings is 2. The Kier molecular flexibility index (Phi) is 7.12. The number of likely N-dealkylation sites (tertiary alicyclic amines) is 1. The molecular formula is C27H24Cl2N4OS. The van der Waals surface area contributed by atoms with Crippen molar-refractivity contribution in [2.75, 3.05) is 25.5 Å². The number of halogens is 2. The molecule has 0 atom stereocenters. The molecule has 0 radical (unpaired) electrons. The average molecular weight is 523 g/mol. The van der Waals surface area contributed by atoms with Crippen molar-refractivity contribution in [3.8, 4) is 22.3 Å². The molecule has 178 valence electrons. The highest BCUT2D eigenvalue weighted by Crippen LogP contribution is 2.39. The van der Waals surface area contributed by atoms with E-state index in [9.17, 15) is 5.26 Å². The summed E-state index contributed by atoms with van der Waals surface area (Å²) in [5.41, 5.74) is 4.94. The van der Waals surface area contributed by atoms with E-state index in [0.29, 0.717) is 32.7 Å². The zero-order chi connectivity index (χ0) is 24.4. The van der Waals surface area contributed by atoms with Crippen molar-refractivity contribution in [3.63, 3.8) is 0 Å². The van der Waals surface area contributed by atoms with Crippen LogP contribution < -0.4 is 10.1 Å². The summed E-state index contributed by atoms with van der Waals surface area (Å²) in [6.07, 6.45) is 5.52. The fraction of sp³-hybridized carbons (Fsp3) is 0.259. The molecule has 1 fully saturated rings. The summed E-state index contributed by atoms with van der Waals surface area (Å²) in [4.78, 5) is 8.32. The van der Waals surface area contributed by atoms with Crippen LogP contribution >= 0.6 is 34.5 Å². The first-order valence-corrected chi connectivity index (χ1v) is 13.1.